The van der Waals surface area contributed by atoms with Crippen molar-refractivity contribution in [3.05, 3.63) is 35.9 Å². The first-order chi connectivity index (χ1) is 11.4. The van der Waals surface area contributed by atoms with Crippen LogP contribution in [0.4, 0.5) is 0 Å². The van der Waals surface area contributed by atoms with Gasteiger partial charge in [-0.1, -0.05) is 43.2 Å². The van der Waals surface area contributed by atoms with Crippen molar-refractivity contribution in [3.8, 4) is 0 Å². The molecular formula is C19H28O5. The first-order valence-electron chi connectivity index (χ1n) is 8.67. The molecular weight excluding hydrogens is 308 g/mol. The average molecular weight is 336 g/mol. The van der Waals surface area contributed by atoms with E-state index in [9.17, 15) is 4.79 Å². The van der Waals surface area contributed by atoms with Crippen LogP contribution in [-0.2, 0) is 25.6 Å². The molecule has 0 spiro atoms. The number of benzene rings is 1. The van der Waals surface area contributed by atoms with Gasteiger partial charge in [-0.05, 0) is 32.3 Å². The molecule has 24 heavy (non-hydrogen) atoms. The summed E-state index contributed by atoms with van der Waals surface area (Å²) in [5.74, 6) is -1.39. The number of carbonyl (C=O) groups is 1. The van der Waals surface area contributed by atoms with Crippen molar-refractivity contribution >= 4 is 5.97 Å². The first-order valence-corrected chi connectivity index (χ1v) is 8.67. The summed E-state index contributed by atoms with van der Waals surface area (Å²) < 4.78 is 17.7. The molecule has 1 aromatic carbocycles. The highest BCUT2D eigenvalue weighted by atomic mass is 16.8. The zero-order chi connectivity index (χ0) is 17.4. The second-order valence-electron chi connectivity index (χ2n) is 6.71. The lowest BCUT2D eigenvalue weighted by Gasteiger charge is -2.40. The minimum atomic E-state index is -0.729. The Morgan fingerprint density at radius 2 is 1.96 bits per heavy atom. The second kappa shape index (κ2) is 9.16. The SMILES string of the molecule is CC1(C)O[C@H](CCCCCC(=O)O)C[C@H](OCc2ccccc2)O1. The monoisotopic (exact) mass is 336 g/mol. The lowest BCUT2D eigenvalue weighted by Crippen LogP contribution is -2.45. The highest BCUT2D eigenvalue weighted by molar-refractivity contribution is 5.66. The molecule has 2 rings (SSSR count). The Morgan fingerprint density at radius 1 is 1.21 bits per heavy atom. The number of hydrogen-bond acceptors (Lipinski definition) is 4. The van der Waals surface area contributed by atoms with Crippen molar-refractivity contribution < 1.29 is 24.1 Å². The van der Waals surface area contributed by atoms with E-state index >= 15 is 0 Å². The number of hydrogen-bond donors (Lipinski definition) is 1. The summed E-state index contributed by atoms with van der Waals surface area (Å²) in [4.78, 5) is 10.5. The molecule has 1 fully saturated rings. The van der Waals surface area contributed by atoms with Crippen LogP contribution in [-0.4, -0.2) is 29.3 Å². The summed E-state index contributed by atoms with van der Waals surface area (Å²) in [6.45, 7) is 4.33. The van der Waals surface area contributed by atoms with Gasteiger partial charge in [-0.15, -0.1) is 0 Å². The maximum atomic E-state index is 10.5. The van der Waals surface area contributed by atoms with Crippen molar-refractivity contribution in [3.63, 3.8) is 0 Å². The number of aliphatic carboxylic acids is 1. The molecule has 0 aromatic heterocycles. The number of carboxylic acid groups (broad SMARTS) is 1. The molecule has 2 atom stereocenters. The van der Waals surface area contributed by atoms with E-state index in [1.54, 1.807) is 0 Å². The molecule has 1 saturated heterocycles. The maximum absolute atomic E-state index is 10.5. The van der Waals surface area contributed by atoms with Crippen LogP contribution in [0.1, 0.15) is 57.9 Å². The standard InChI is InChI=1S/C19H28O5/c1-19(2)23-16(11-7-4-8-12-17(20)21)13-18(24-19)22-14-15-9-5-3-6-10-15/h3,5-6,9-10,16,18H,4,7-8,11-14H2,1-2H3,(H,20,21)/t16-,18-/m1/s1. The van der Waals surface area contributed by atoms with Crippen molar-refractivity contribution in [2.45, 2.75) is 77.2 Å². The van der Waals surface area contributed by atoms with Gasteiger partial charge in [0.05, 0.1) is 12.7 Å². The van der Waals surface area contributed by atoms with Crippen molar-refractivity contribution in [2.75, 3.05) is 0 Å². The minimum absolute atomic E-state index is 0.0827. The molecule has 5 nitrogen and oxygen atoms in total. The number of rotatable bonds is 9. The van der Waals surface area contributed by atoms with Crippen molar-refractivity contribution in [1.29, 1.82) is 0 Å². The molecule has 134 valence electrons. The van der Waals surface area contributed by atoms with E-state index in [2.05, 4.69) is 0 Å². The topological polar surface area (TPSA) is 65.0 Å². The summed E-state index contributed by atoms with van der Waals surface area (Å²) in [5, 5.41) is 8.66. The van der Waals surface area contributed by atoms with Gasteiger partial charge in [0.25, 0.3) is 0 Å². The molecule has 5 heteroatoms. The van der Waals surface area contributed by atoms with Crippen LogP contribution < -0.4 is 0 Å². The predicted octanol–water partition coefficient (Wildman–Crippen LogP) is 4.11. The fraction of sp³-hybridized carbons (Fsp3) is 0.632. The fourth-order valence-corrected chi connectivity index (χ4v) is 2.92. The Hall–Kier alpha value is -1.43. The van der Waals surface area contributed by atoms with Gasteiger partial charge < -0.3 is 19.3 Å². The summed E-state index contributed by atoms with van der Waals surface area (Å²) in [5.41, 5.74) is 1.12. The molecule has 0 saturated carbocycles. The van der Waals surface area contributed by atoms with Gasteiger partial charge in [-0.25, -0.2) is 0 Å². The average Bonchev–Trinajstić information content (AvgIpc) is 2.52. The van der Waals surface area contributed by atoms with Gasteiger partial charge in [-0.3, -0.25) is 4.79 Å². The van der Waals surface area contributed by atoms with E-state index < -0.39 is 11.8 Å². The van der Waals surface area contributed by atoms with E-state index in [4.69, 9.17) is 19.3 Å². The number of unbranched alkanes of at least 4 members (excludes halogenated alkanes) is 2. The number of ether oxygens (including phenoxy) is 3. The van der Waals surface area contributed by atoms with Gasteiger partial charge in [0.1, 0.15) is 0 Å². The first kappa shape index (κ1) is 18.9. The lowest BCUT2D eigenvalue weighted by atomic mass is 10.0. The van der Waals surface area contributed by atoms with E-state index in [1.807, 2.05) is 44.2 Å². The van der Waals surface area contributed by atoms with E-state index in [0.29, 0.717) is 13.0 Å². The quantitative estimate of drug-likeness (QED) is 0.688. The molecule has 1 heterocycles. The van der Waals surface area contributed by atoms with Crippen molar-refractivity contribution in [1.82, 2.24) is 0 Å². The highest BCUT2D eigenvalue weighted by Crippen LogP contribution is 2.30. The van der Waals surface area contributed by atoms with Crippen LogP contribution in [0.25, 0.3) is 0 Å². The molecule has 1 aliphatic heterocycles. The molecule has 0 bridgehead atoms. The maximum Gasteiger partial charge on any atom is 0.303 e. The molecule has 0 aliphatic carbocycles. The zero-order valence-electron chi connectivity index (χ0n) is 14.6. The fourth-order valence-electron chi connectivity index (χ4n) is 2.92. The molecule has 1 aliphatic rings. The summed E-state index contributed by atoms with van der Waals surface area (Å²) >= 11 is 0. The third kappa shape index (κ3) is 6.99. The van der Waals surface area contributed by atoms with Crippen LogP contribution in [0.3, 0.4) is 0 Å². The summed E-state index contributed by atoms with van der Waals surface area (Å²) in [6.07, 6.45) is 4.23. The molecule has 0 radical (unpaired) electrons. The Kier molecular flexibility index (Phi) is 7.21. The Bertz CT molecular complexity index is 500. The third-order valence-corrected chi connectivity index (χ3v) is 4.02. The molecule has 0 unspecified atom stereocenters. The van der Waals surface area contributed by atoms with Gasteiger partial charge in [0, 0.05) is 12.8 Å². The Balaban J connectivity index is 1.75. The van der Waals surface area contributed by atoms with Gasteiger partial charge >= 0.3 is 5.97 Å². The highest BCUT2D eigenvalue weighted by Gasteiger charge is 2.35. The molecule has 1 N–H and O–H groups in total. The summed E-state index contributed by atoms with van der Waals surface area (Å²) in [6, 6.07) is 10.0. The lowest BCUT2D eigenvalue weighted by molar-refractivity contribution is -0.353. The van der Waals surface area contributed by atoms with Gasteiger partial charge in [0.15, 0.2) is 12.1 Å². The molecule has 1 aromatic rings. The van der Waals surface area contributed by atoms with E-state index in [-0.39, 0.29) is 18.8 Å². The zero-order valence-corrected chi connectivity index (χ0v) is 14.6. The largest absolute Gasteiger partial charge is 0.481 e. The Morgan fingerprint density at radius 3 is 2.67 bits per heavy atom. The summed E-state index contributed by atoms with van der Waals surface area (Å²) in [7, 11) is 0. The minimum Gasteiger partial charge on any atom is -0.481 e. The van der Waals surface area contributed by atoms with Crippen LogP contribution in [0.15, 0.2) is 30.3 Å². The van der Waals surface area contributed by atoms with Crippen LogP contribution >= 0.6 is 0 Å². The predicted molar refractivity (Wildman–Crippen MR) is 90.4 cm³/mol. The smallest absolute Gasteiger partial charge is 0.303 e. The third-order valence-electron chi connectivity index (χ3n) is 4.02. The van der Waals surface area contributed by atoms with Gasteiger partial charge in [-0.2, -0.15) is 0 Å². The normalized spacial score (nSPS) is 23.1. The van der Waals surface area contributed by atoms with Crippen LogP contribution in [0.2, 0.25) is 0 Å². The second-order valence-corrected chi connectivity index (χ2v) is 6.71. The van der Waals surface area contributed by atoms with Crippen LogP contribution in [0, 0.1) is 0 Å². The Labute approximate surface area is 143 Å². The number of carboxylic acids is 1. The van der Waals surface area contributed by atoms with E-state index in [1.165, 1.54) is 0 Å². The molecule has 0 amide bonds. The van der Waals surface area contributed by atoms with Gasteiger partial charge in [0.2, 0.25) is 0 Å². The van der Waals surface area contributed by atoms with Crippen molar-refractivity contribution in [2.24, 2.45) is 0 Å². The van der Waals surface area contributed by atoms with E-state index in [0.717, 1.165) is 31.2 Å². The van der Waals surface area contributed by atoms with Crippen LogP contribution in [0.5, 0.6) is 0 Å².